The van der Waals surface area contributed by atoms with Crippen molar-refractivity contribution in [2.24, 2.45) is 0 Å². The fraction of sp³-hybridized carbons (Fsp3) is 0.465. The number of benzene rings is 1. The van der Waals surface area contributed by atoms with E-state index in [0.717, 1.165) is 194 Å². The number of carbonyl (C=O) groups is 3. The van der Waals surface area contributed by atoms with E-state index in [1.54, 1.807) is 6.20 Å². The van der Waals surface area contributed by atoms with E-state index in [9.17, 15) is 14.4 Å². The minimum absolute atomic E-state index is 0.0609. The van der Waals surface area contributed by atoms with Crippen molar-refractivity contribution in [1.82, 2.24) is 69.5 Å². The largest absolute Gasteiger partial charge is 0.463 e. The summed E-state index contributed by atoms with van der Waals surface area (Å²) in [6, 6.07) is 23.3. The van der Waals surface area contributed by atoms with Crippen LogP contribution in [0.3, 0.4) is 0 Å². The van der Waals surface area contributed by atoms with Crippen LogP contribution in [-0.2, 0) is 66.2 Å². The SMILES string of the molecule is C=C1Cc2c(N)nc(OC(C)CCC)nc2N(Cc2ccc(C)nc2)C1.C=C1Cc2c(N)nc(OCCCC)nc2N(CCCN(Cc2ccccc2)C(=O)CN2CCN(C)CC2)C1.C=C1Cc2c(N)nc(OCCCC)nc2N(Cc2ccc(C)nc2)C1.CCCCOc1nc(N)c2c(n1)N(Cc1ccc(C)nc1)C(=O)C(=O)C2. The second-order valence-electron chi connectivity index (χ2n) is 30.2. The van der Waals surface area contributed by atoms with Crippen molar-refractivity contribution in [3.8, 4) is 24.0 Å². The van der Waals surface area contributed by atoms with Gasteiger partial charge in [-0.15, -0.1) is 0 Å². The van der Waals surface area contributed by atoms with Gasteiger partial charge in [-0.05, 0) is 107 Å². The average Bonchev–Trinajstić information content (AvgIpc) is 0.788. The normalized spacial score (nSPS) is 14.8. The minimum Gasteiger partial charge on any atom is -0.463 e. The standard InChI is InChI=1S/C29H43N7O2.C20H27N5O.C19H25N5O.C18H21N5O3/c1-4-5-18-38-29-31-27(30)25-19-23(2)20-36(28(25)32-29)13-9-12-35(21-24-10-7-6-8-11-24)26(37)22-34-16-14-33(3)15-17-34;1-5-6-15(4)26-20-23-18(21)17-9-13(2)11-25(19(17)24-20)12-16-8-7-14(3)22-10-16;1-4-5-8-25-19-22-17(20)16-9-13(2)11-24(18(16)23-19)12-15-7-6-14(3)21-10-15;1-3-4-7-26-18-21-15(19)13-8-14(24)17(25)23(16(13)22-18)10-12-6-5-11(2)20-9-12/h6-8,10-11H,2,4-5,9,12-22H2,1,3H3,(H2,30,31,32);7-8,10,15H,2,5-6,9,11-12H2,1,3-4H3,(H2,21,23,24);6-7,10H,2,4-5,8-9,11-12H2,1,3H3,(H2,20,22,23);5-6,9H,3-4,7-8,10H2,1-2H3,(H2,19,21,22). The molecule has 29 nitrogen and oxygen atoms in total. The van der Waals surface area contributed by atoms with Crippen molar-refractivity contribution < 1.29 is 33.3 Å². The number of ether oxygens (including phenoxy) is 4. The summed E-state index contributed by atoms with van der Waals surface area (Å²) in [6.07, 6.45) is 16.2. The number of hydrogen-bond acceptors (Lipinski definition) is 27. The predicted octanol–water partition coefficient (Wildman–Crippen LogP) is 10.9. The Morgan fingerprint density at radius 1 is 0.496 bits per heavy atom. The van der Waals surface area contributed by atoms with Gasteiger partial charge in [-0.1, -0.05) is 138 Å². The number of aryl methyl sites for hydroxylation is 3. The zero-order chi connectivity index (χ0) is 82.1. The summed E-state index contributed by atoms with van der Waals surface area (Å²) in [5.41, 5.74) is 38.3. The second kappa shape index (κ2) is 42.1. The van der Waals surface area contributed by atoms with Crippen molar-refractivity contribution >= 4 is 64.1 Å². The van der Waals surface area contributed by atoms with Crippen molar-refractivity contribution in [1.29, 1.82) is 0 Å². The first-order chi connectivity index (χ1) is 55.4. The van der Waals surface area contributed by atoms with Crippen molar-refractivity contribution in [3.63, 3.8) is 0 Å². The number of ketones is 1. The number of nitrogens with zero attached hydrogens (tertiary/aromatic N) is 18. The number of anilines is 8. The summed E-state index contributed by atoms with van der Waals surface area (Å²) >= 11 is 0. The Balaban J connectivity index is 0.000000165. The molecule has 7 aromatic heterocycles. The molecular weight excluding hydrogens is 1450 g/mol. The Labute approximate surface area is 677 Å². The summed E-state index contributed by atoms with van der Waals surface area (Å²) in [5.74, 6) is 3.43. The molecule has 5 aliphatic heterocycles. The molecule has 12 heterocycles. The van der Waals surface area contributed by atoms with Crippen molar-refractivity contribution in [3.05, 3.63) is 183 Å². The molecular formula is C86H116N22O7. The van der Waals surface area contributed by atoms with Crippen LogP contribution >= 0.6 is 0 Å². The van der Waals surface area contributed by atoms with Crippen LogP contribution in [0, 0.1) is 20.8 Å². The lowest BCUT2D eigenvalue weighted by molar-refractivity contribution is -0.136. The predicted molar refractivity (Wildman–Crippen MR) is 452 cm³/mol. The molecule has 8 aromatic rings. The van der Waals surface area contributed by atoms with Crippen LogP contribution < -0.4 is 61.5 Å². The third-order valence-electron chi connectivity index (χ3n) is 20.1. The first kappa shape index (κ1) is 86.0. The van der Waals surface area contributed by atoms with E-state index < -0.39 is 11.7 Å². The van der Waals surface area contributed by atoms with Crippen LogP contribution in [0.4, 0.5) is 46.5 Å². The van der Waals surface area contributed by atoms with Gasteiger partial charge >= 0.3 is 24.0 Å². The number of carbonyl (C=O) groups excluding carboxylic acids is 3. The van der Waals surface area contributed by atoms with Gasteiger partial charge in [0, 0.05) is 162 Å². The van der Waals surface area contributed by atoms with Crippen LogP contribution in [0.5, 0.6) is 24.0 Å². The molecule has 29 heteroatoms. The summed E-state index contributed by atoms with van der Waals surface area (Å²) in [7, 11) is 2.13. The second-order valence-corrected chi connectivity index (χ2v) is 30.2. The van der Waals surface area contributed by atoms with Gasteiger partial charge < -0.3 is 66.4 Å². The number of hydrogen-bond donors (Lipinski definition) is 4. The van der Waals surface area contributed by atoms with E-state index in [0.29, 0.717) is 125 Å². The lowest BCUT2D eigenvalue weighted by Crippen LogP contribution is -2.49. The van der Waals surface area contributed by atoms with Gasteiger partial charge in [0.15, 0.2) is 0 Å². The Hall–Kier alpha value is -11.5. The number of amides is 2. The van der Waals surface area contributed by atoms with Gasteiger partial charge in [-0.3, -0.25) is 39.1 Å². The highest BCUT2D eigenvalue weighted by Gasteiger charge is 2.36. The molecule has 1 fully saturated rings. The molecule has 0 saturated carbocycles. The summed E-state index contributed by atoms with van der Waals surface area (Å²) in [6.45, 7) is 40.6. The van der Waals surface area contributed by atoms with Crippen LogP contribution in [0.1, 0.15) is 154 Å². The van der Waals surface area contributed by atoms with Crippen molar-refractivity contribution in [2.75, 3.05) is 135 Å². The minimum atomic E-state index is -0.615. The molecule has 1 aromatic carbocycles. The van der Waals surface area contributed by atoms with E-state index in [2.05, 4.69) is 146 Å². The fourth-order valence-corrected chi connectivity index (χ4v) is 13.6. The van der Waals surface area contributed by atoms with Crippen LogP contribution in [0.25, 0.3) is 0 Å². The molecule has 5 aliphatic rings. The third kappa shape index (κ3) is 24.8. The molecule has 13 rings (SSSR count). The maximum atomic E-state index is 13.4. The lowest BCUT2D eigenvalue weighted by atomic mass is 10.0. The maximum Gasteiger partial charge on any atom is 0.320 e. The Morgan fingerprint density at radius 3 is 1.36 bits per heavy atom. The van der Waals surface area contributed by atoms with E-state index in [4.69, 9.17) is 46.9 Å². The molecule has 0 bridgehead atoms. The molecule has 115 heavy (non-hydrogen) atoms. The van der Waals surface area contributed by atoms with Gasteiger partial charge in [-0.25, -0.2) is 0 Å². The number of Topliss-reactive ketones (excluding diaryl/α,β-unsaturated/α-hetero) is 1. The summed E-state index contributed by atoms with van der Waals surface area (Å²) < 4.78 is 22.9. The van der Waals surface area contributed by atoms with Gasteiger partial charge in [0.25, 0.3) is 5.91 Å². The zero-order valence-corrected chi connectivity index (χ0v) is 68.7. The van der Waals surface area contributed by atoms with E-state index >= 15 is 0 Å². The molecule has 1 atom stereocenters. The first-order valence-electron chi connectivity index (χ1n) is 40.2. The van der Waals surface area contributed by atoms with Crippen LogP contribution in [0.15, 0.2) is 122 Å². The topological polar surface area (TPSA) is 357 Å². The number of unbranched alkanes of at least 4 members (excludes halogenated alkanes) is 3. The van der Waals surface area contributed by atoms with Crippen LogP contribution in [-0.4, -0.2) is 186 Å². The highest BCUT2D eigenvalue weighted by atomic mass is 16.5. The fourth-order valence-electron chi connectivity index (χ4n) is 13.6. The lowest BCUT2D eigenvalue weighted by Gasteiger charge is -2.34. The number of likely N-dealkylation sites (N-methyl/N-ethyl adjacent to an activating group) is 1. The molecule has 2 amide bonds. The molecule has 0 radical (unpaired) electrons. The van der Waals surface area contributed by atoms with E-state index in [-0.39, 0.29) is 36.8 Å². The number of nitrogen functional groups attached to an aromatic ring is 4. The Bertz CT molecular complexity index is 4600. The van der Waals surface area contributed by atoms with Gasteiger partial charge in [0.05, 0.1) is 39.0 Å². The van der Waals surface area contributed by atoms with Gasteiger partial charge in [-0.2, -0.15) is 39.9 Å². The maximum absolute atomic E-state index is 13.4. The number of nitrogens with two attached hydrogens (primary N) is 4. The molecule has 8 N–H and O–H groups in total. The molecule has 1 saturated heterocycles. The molecule has 1 unspecified atom stereocenters. The van der Waals surface area contributed by atoms with E-state index in [1.165, 1.54) is 4.90 Å². The number of aromatic nitrogens is 11. The monoisotopic (exact) mass is 1570 g/mol. The smallest absolute Gasteiger partial charge is 0.320 e. The highest BCUT2D eigenvalue weighted by molar-refractivity contribution is 6.43. The summed E-state index contributed by atoms with van der Waals surface area (Å²) in [5, 5.41) is 0. The third-order valence-corrected chi connectivity index (χ3v) is 20.1. The van der Waals surface area contributed by atoms with E-state index in [1.807, 2.05) is 94.4 Å². The molecule has 0 aliphatic carbocycles. The van der Waals surface area contributed by atoms with Gasteiger partial charge in [0.2, 0.25) is 11.7 Å². The van der Waals surface area contributed by atoms with Crippen LogP contribution in [0.2, 0.25) is 0 Å². The van der Waals surface area contributed by atoms with Gasteiger partial charge in [0.1, 0.15) is 46.5 Å². The molecule has 0 spiro atoms. The first-order valence-corrected chi connectivity index (χ1v) is 40.2. The quantitative estimate of drug-likeness (QED) is 0.0185. The summed E-state index contributed by atoms with van der Waals surface area (Å²) in [4.78, 5) is 101. The Morgan fingerprint density at radius 2 is 0.913 bits per heavy atom. The number of pyridine rings is 3. The average molecular weight is 1570 g/mol. The molecule has 612 valence electrons. The number of fused-ring (bicyclic) bond motifs is 4. The number of rotatable bonds is 30. The van der Waals surface area contributed by atoms with Crippen molar-refractivity contribution in [2.45, 2.75) is 171 Å². The Kier molecular flexibility index (Phi) is 31.4. The highest BCUT2D eigenvalue weighted by Crippen LogP contribution is 2.37. The number of piperazine rings is 1. The zero-order valence-electron chi connectivity index (χ0n) is 68.7.